The van der Waals surface area contributed by atoms with E-state index in [4.69, 9.17) is 0 Å². The van der Waals surface area contributed by atoms with Crippen LogP contribution in [0, 0.1) is 0 Å². The van der Waals surface area contributed by atoms with Crippen molar-refractivity contribution in [2.75, 3.05) is 17.6 Å². The molecule has 0 radical (unpaired) electrons. The first-order valence-electron chi connectivity index (χ1n) is 9.65. The number of hydrogen-bond acceptors (Lipinski definition) is 6. The summed E-state index contributed by atoms with van der Waals surface area (Å²) in [6.45, 7) is 0.515. The van der Waals surface area contributed by atoms with Crippen LogP contribution in [0.5, 0.6) is 0 Å². The second kappa shape index (κ2) is 8.67. The van der Waals surface area contributed by atoms with Gasteiger partial charge in [0.1, 0.15) is 11.6 Å². The van der Waals surface area contributed by atoms with E-state index < -0.39 is 10.0 Å². The Kier molecular flexibility index (Phi) is 5.82. The molecule has 8 heteroatoms. The molecule has 1 aliphatic heterocycles. The Balaban J connectivity index is 1.49. The van der Waals surface area contributed by atoms with E-state index in [2.05, 4.69) is 20.3 Å². The van der Waals surface area contributed by atoms with Gasteiger partial charge in [-0.1, -0.05) is 36.4 Å². The Hall–Kier alpha value is -2.84. The highest BCUT2D eigenvalue weighted by Gasteiger charge is 2.36. The summed E-state index contributed by atoms with van der Waals surface area (Å²) in [5.41, 5.74) is 1.68. The molecule has 3 heterocycles. The smallest absolute Gasteiger partial charge is 0.215 e. The summed E-state index contributed by atoms with van der Waals surface area (Å²) in [5, 5.41) is 3.12. The van der Waals surface area contributed by atoms with Crippen molar-refractivity contribution in [2.24, 2.45) is 0 Å². The van der Waals surface area contributed by atoms with Gasteiger partial charge >= 0.3 is 0 Å². The van der Waals surface area contributed by atoms with Gasteiger partial charge < -0.3 is 5.32 Å². The normalized spacial score (nSPS) is 17.3. The molecule has 0 unspecified atom stereocenters. The number of pyridine rings is 1. The zero-order chi connectivity index (χ0) is 20.1. The van der Waals surface area contributed by atoms with Gasteiger partial charge in [0, 0.05) is 12.7 Å². The third-order valence-corrected chi connectivity index (χ3v) is 6.84. The minimum absolute atomic E-state index is 0.0901. The highest BCUT2D eigenvalue weighted by molar-refractivity contribution is 7.89. The van der Waals surface area contributed by atoms with Crippen molar-refractivity contribution in [1.29, 1.82) is 0 Å². The Bertz CT molecular complexity index is 1040. The van der Waals surface area contributed by atoms with Crippen molar-refractivity contribution in [3.05, 3.63) is 78.4 Å². The molecular formula is C21H23N5O2S. The molecule has 1 N–H and O–H groups in total. The van der Waals surface area contributed by atoms with E-state index in [1.165, 1.54) is 0 Å². The summed E-state index contributed by atoms with van der Waals surface area (Å²) >= 11 is 0. The summed E-state index contributed by atoms with van der Waals surface area (Å²) in [5.74, 6) is 1.31. The van der Waals surface area contributed by atoms with E-state index in [0.29, 0.717) is 30.3 Å². The van der Waals surface area contributed by atoms with Crippen LogP contribution in [0.2, 0.25) is 0 Å². The summed E-state index contributed by atoms with van der Waals surface area (Å²) in [6, 6.07) is 15.0. The molecule has 0 amide bonds. The first-order valence-corrected chi connectivity index (χ1v) is 11.3. The van der Waals surface area contributed by atoms with Crippen LogP contribution in [-0.4, -0.2) is 40.0 Å². The fourth-order valence-corrected chi connectivity index (χ4v) is 5.28. The van der Waals surface area contributed by atoms with E-state index in [1.54, 1.807) is 22.9 Å². The molecule has 3 aromatic rings. The van der Waals surface area contributed by atoms with Gasteiger partial charge in [0.15, 0.2) is 0 Å². The third kappa shape index (κ3) is 4.78. The standard InChI is InChI=1S/C21H23N5O2S/c27-29(28,14-11-17-7-2-1-3-8-17)26-13-6-9-19(26)18-15-22-16-21(24-18)25-20-10-4-5-12-23-20/h1-5,7-8,10,12,15-16,19H,6,9,11,13-14H2,(H,23,24,25)/t19-/m1/s1. The SMILES string of the molecule is O=S(=O)(CCc1ccccc1)N1CCC[C@@H]1c1cncc(Nc2ccccn2)n1. The molecule has 4 rings (SSSR count). The summed E-state index contributed by atoms with van der Waals surface area (Å²) in [6.07, 6.45) is 7.01. The Morgan fingerprint density at radius 2 is 1.86 bits per heavy atom. The van der Waals surface area contributed by atoms with E-state index in [1.807, 2.05) is 48.5 Å². The molecular weight excluding hydrogens is 386 g/mol. The van der Waals surface area contributed by atoms with Crippen LogP contribution in [0.4, 0.5) is 11.6 Å². The number of aryl methyl sites for hydroxylation is 1. The van der Waals surface area contributed by atoms with Crippen LogP contribution in [0.3, 0.4) is 0 Å². The van der Waals surface area contributed by atoms with Gasteiger partial charge in [-0.25, -0.2) is 18.4 Å². The highest BCUT2D eigenvalue weighted by Crippen LogP contribution is 2.33. The molecule has 1 aromatic carbocycles. The van der Waals surface area contributed by atoms with Crippen molar-refractivity contribution >= 4 is 21.7 Å². The number of nitrogens with zero attached hydrogens (tertiary/aromatic N) is 4. The Labute approximate surface area is 170 Å². The van der Waals surface area contributed by atoms with Gasteiger partial charge in [-0.05, 0) is 37.0 Å². The maximum absolute atomic E-state index is 13.0. The maximum atomic E-state index is 13.0. The number of nitrogens with one attached hydrogen (secondary N) is 1. The summed E-state index contributed by atoms with van der Waals surface area (Å²) in [4.78, 5) is 13.1. The van der Waals surface area contributed by atoms with Crippen molar-refractivity contribution in [1.82, 2.24) is 19.3 Å². The molecule has 1 aliphatic rings. The molecule has 0 spiro atoms. The van der Waals surface area contributed by atoms with Gasteiger partial charge in [0.05, 0.1) is 29.9 Å². The van der Waals surface area contributed by atoms with Crippen LogP contribution >= 0.6 is 0 Å². The number of anilines is 2. The zero-order valence-electron chi connectivity index (χ0n) is 16.0. The lowest BCUT2D eigenvalue weighted by Crippen LogP contribution is -2.33. The van der Waals surface area contributed by atoms with E-state index in [-0.39, 0.29) is 11.8 Å². The second-order valence-electron chi connectivity index (χ2n) is 6.99. The fourth-order valence-electron chi connectivity index (χ4n) is 3.55. The number of sulfonamides is 1. The molecule has 0 bridgehead atoms. The minimum Gasteiger partial charge on any atom is -0.324 e. The largest absolute Gasteiger partial charge is 0.324 e. The second-order valence-corrected chi connectivity index (χ2v) is 9.03. The first kappa shape index (κ1) is 19.5. The molecule has 1 atom stereocenters. The molecule has 7 nitrogen and oxygen atoms in total. The van der Waals surface area contributed by atoms with Gasteiger partial charge in [0.25, 0.3) is 0 Å². The highest BCUT2D eigenvalue weighted by atomic mass is 32.2. The average molecular weight is 410 g/mol. The van der Waals surface area contributed by atoms with Crippen molar-refractivity contribution in [3.63, 3.8) is 0 Å². The molecule has 2 aromatic heterocycles. The van der Waals surface area contributed by atoms with Gasteiger partial charge in [-0.2, -0.15) is 4.31 Å². The van der Waals surface area contributed by atoms with Gasteiger partial charge in [-0.3, -0.25) is 4.98 Å². The number of aromatic nitrogens is 3. The Morgan fingerprint density at radius 1 is 1.03 bits per heavy atom. The molecule has 0 saturated carbocycles. The van der Waals surface area contributed by atoms with Crippen LogP contribution in [0.15, 0.2) is 67.1 Å². The van der Waals surface area contributed by atoms with Crippen molar-refractivity contribution < 1.29 is 8.42 Å². The van der Waals surface area contributed by atoms with E-state index in [9.17, 15) is 8.42 Å². The number of hydrogen-bond donors (Lipinski definition) is 1. The molecule has 0 aliphatic carbocycles. The van der Waals surface area contributed by atoms with Crippen LogP contribution in [0.1, 0.15) is 30.1 Å². The average Bonchev–Trinajstić information content (AvgIpc) is 3.25. The lowest BCUT2D eigenvalue weighted by atomic mass is 10.2. The van der Waals surface area contributed by atoms with Gasteiger partial charge in [0.2, 0.25) is 10.0 Å². The molecule has 150 valence electrons. The predicted molar refractivity (Wildman–Crippen MR) is 112 cm³/mol. The topological polar surface area (TPSA) is 88.1 Å². The van der Waals surface area contributed by atoms with Crippen molar-refractivity contribution in [3.8, 4) is 0 Å². The number of benzene rings is 1. The minimum atomic E-state index is -3.39. The molecule has 1 saturated heterocycles. The molecule has 1 fully saturated rings. The first-order chi connectivity index (χ1) is 14.1. The van der Waals surface area contributed by atoms with Crippen molar-refractivity contribution in [2.45, 2.75) is 25.3 Å². The lowest BCUT2D eigenvalue weighted by Gasteiger charge is -2.23. The zero-order valence-corrected chi connectivity index (χ0v) is 16.8. The summed E-state index contributed by atoms with van der Waals surface area (Å²) in [7, 11) is -3.39. The quantitative estimate of drug-likeness (QED) is 0.644. The number of rotatable bonds is 7. The van der Waals surface area contributed by atoms with Crippen LogP contribution < -0.4 is 5.32 Å². The van der Waals surface area contributed by atoms with Crippen LogP contribution in [-0.2, 0) is 16.4 Å². The lowest BCUT2D eigenvalue weighted by molar-refractivity contribution is 0.390. The third-order valence-electron chi connectivity index (χ3n) is 4.97. The van der Waals surface area contributed by atoms with E-state index >= 15 is 0 Å². The fraction of sp³-hybridized carbons (Fsp3) is 0.286. The molecule has 29 heavy (non-hydrogen) atoms. The predicted octanol–water partition coefficient (Wildman–Crippen LogP) is 3.32. The van der Waals surface area contributed by atoms with Gasteiger partial charge in [-0.15, -0.1) is 0 Å². The maximum Gasteiger partial charge on any atom is 0.215 e. The van der Waals surface area contributed by atoms with E-state index in [0.717, 1.165) is 18.4 Å². The Morgan fingerprint density at radius 3 is 2.66 bits per heavy atom. The monoisotopic (exact) mass is 409 g/mol. The van der Waals surface area contributed by atoms with Crippen LogP contribution in [0.25, 0.3) is 0 Å². The summed E-state index contributed by atoms with van der Waals surface area (Å²) < 4.78 is 27.6.